The Labute approximate surface area is 301 Å². The number of nitrogen functional groups attached to an aromatic ring is 1. The molecule has 0 spiro atoms. The Kier molecular flexibility index (Phi) is 19.1. The van der Waals surface area contributed by atoms with E-state index in [1.165, 1.54) is 10.9 Å². The third kappa shape index (κ3) is 11.5. The van der Waals surface area contributed by atoms with Crippen molar-refractivity contribution >= 4 is 52.2 Å². The van der Waals surface area contributed by atoms with E-state index >= 15 is 0 Å². The zero-order chi connectivity index (χ0) is 24.8. The molecule has 4 N–H and O–H groups in total. The van der Waals surface area contributed by atoms with Crippen LogP contribution in [0.2, 0.25) is 0 Å². The standard InChI is InChI=1S/C11H18N5O13P3S.4Na/c1-33-11-14-8(12)5-9(15-11)16(3-13-5)10-7(18)6(17)4(27-10)2-26-31(22,23)29-32(24,25)28-30(19,20)21;;;;/h3-4,6-7,10,17-18H,2H2,1H3,(H,22,23)(H,24,25)(H2,12,14,15)(H2,19,20,21);;;;/q;4*+1/p-4/t4-,6+,7?,10-;;;;/m1..../s1. The van der Waals surface area contributed by atoms with E-state index in [4.69, 9.17) is 10.5 Å². The van der Waals surface area contributed by atoms with E-state index in [0.29, 0.717) is 0 Å². The van der Waals surface area contributed by atoms with Crippen LogP contribution in [0.5, 0.6) is 0 Å². The van der Waals surface area contributed by atoms with Gasteiger partial charge in [-0.15, -0.1) is 0 Å². The molecule has 0 aromatic carbocycles. The van der Waals surface area contributed by atoms with E-state index in [9.17, 15) is 43.5 Å². The number of hydrogen-bond acceptors (Lipinski definition) is 18. The summed E-state index contributed by atoms with van der Waals surface area (Å²) < 4.78 is 50.5. The largest absolute Gasteiger partial charge is 1.00 e. The van der Waals surface area contributed by atoms with Gasteiger partial charge in [0.25, 0.3) is 15.6 Å². The van der Waals surface area contributed by atoms with Gasteiger partial charge >= 0.3 is 118 Å². The van der Waals surface area contributed by atoms with E-state index in [1.54, 1.807) is 6.26 Å². The number of rotatable bonds is 9. The molecule has 2 aromatic rings. The Balaban J connectivity index is 0. The second-order valence-corrected chi connectivity index (χ2v) is 11.3. The quantitative estimate of drug-likeness (QED) is 0.0991. The summed E-state index contributed by atoms with van der Waals surface area (Å²) in [6, 6.07) is 0. The summed E-state index contributed by atoms with van der Waals surface area (Å²) in [5, 5.41) is 20.8. The number of aliphatic hydroxyl groups excluding tert-OH is 2. The molecule has 1 aliphatic rings. The smallest absolute Gasteiger partial charge is 0.790 e. The Morgan fingerprint density at radius 1 is 1.05 bits per heavy atom. The van der Waals surface area contributed by atoms with Crippen LogP contribution in [-0.2, 0) is 31.6 Å². The zero-order valence-electron chi connectivity index (χ0n) is 20.1. The summed E-state index contributed by atoms with van der Waals surface area (Å²) in [5.41, 5.74) is 6.10. The number of phosphoric ester groups is 1. The number of phosphoric acid groups is 3. The van der Waals surface area contributed by atoms with Gasteiger partial charge in [-0.2, -0.15) is 0 Å². The number of imidazole rings is 1. The summed E-state index contributed by atoms with van der Waals surface area (Å²) >= 11 is 1.16. The van der Waals surface area contributed by atoms with Crippen molar-refractivity contribution < 1.29 is 180 Å². The number of hydrogen-bond donors (Lipinski definition) is 3. The molecule has 18 nitrogen and oxygen atoms in total. The summed E-state index contributed by atoms with van der Waals surface area (Å²) in [7, 11) is -18.1. The molecule has 37 heavy (non-hydrogen) atoms. The second-order valence-electron chi connectivity index (χ2n) is 6.27. The van der Waals surface area contributed by atoms with Crippen LogP contribution >= 0.6 is 35.2 Å². The summed E-state index contributed by atoms with van der Waals surface area (Å²) in [6.45, 7) is -1.08. The molecule has 26 heteroatoms. The summed E-state index contributed by atoms with van der Waals surface area (Å²) in [4.78, 5) is 55.7. The maximum Gasteiger partial charge on any atom is 1.00 e. The molecule has 0 aliphatic carbocycles. The Hall–Kier alpha value is 2.99. The second kappa shape index (κ2) is 16.7. The van der Waals surface area contributed by atoms with Crippen molar-refractivity contribution in [2.45, 2.75) is 29.7 Å². The van der Waals surface area contributed by atoms with Gasteiger partial charge in [-0.1, -0.05) is 11.8 Å². The molecule has 3 heterocycles. The first-order chi connectivity index (χ1) is 15.1. The van der Waals surface area contributed by atoms with E-state index in [1.807, 2.05) is 0 Å². The monoisotopic (exact) mass is 641 g/mol. The van der Waals surface area contributed by atoms with E-state index < -0.39 is 54.6 Å². The number of thioether (sulfide) groups is 1. The number of aliphatic hydroxyl groups is 2. The van der Waals surface area contributed by atoms with Crippen LogP contribution in [0.25, 0.3) is 11.2 Å². The summed E-state index contributed by atoms with van der Waals surface area (Å²) in [6.07, 6.45) is -3.44. The first-order valence-electron chi connectivity index (χ1n) is 8.39. The van der Waals surface area contributed by atoms with Gasteiger partial charge in [-0.05, 0) is 6.26 Å². The van der Waals surface area contributed by atoms with Crippen LogP contribution in [0.3, 0.4) is 0 Å². The number of nitrogens with two attached hydrogens (primary N) is 1. The van der Waals surface area contributed by atoms with Gasteiger partial charge in [0, 0.05) is 0 Å². The minimum atomic E-state index is -6.15. The van der Waals surface area contributed by atoms with Crippen molar-refractivity contribution in [2.75, 3.05) is 18.6 Å². The molecule has 1 saturated heterocycles. The van der Waals surface area contributed by atoms with Crippen LogP contribution in [0.4, 0.5) is 5.82 Å². The Bertz CT molecular complexity index is 1190. The van der Waals surface area contributed by atoms with Gasteiger partial charge in [-0.3, -0.25) is 18.0 Å². The average Bonchev–Trinajstić information content (AvgIpc) is 3.19. The minimum absolute atomic E-state index is 0. The fourth-order valence-electron chi connectivity index (χ4n) is 2.74. The van der Waals surface area contributed by atoms with Gasteiger partial charge in [0.15, 0.2) is 22.8 Å². The molecule has 1 aliphatic heterocycles. The van der Waals surface area contributed by atoms with Crippen LogP contribution < -0.4 is 144 Å². The third-order valence-corrected chi connectivity index (χ3v) is 8.23. The number of anilines is 1. The van der Waals surface area contributed by atoms with Crippen molar-refractivity contribution in [3.63, 3.8) is 0 Å². The van der Waals surface area contributed by atoms with Gasteiger partial charge in [0.05, 0.1) is 20.8 Å². The molecule has 2 aromatic heterocycles. The zero-order valence-corrected chi connectivity index (χ0v) is 31.6. The number of ether oxygens (including phenoxy) is 1. The normalized spacial score (nSPS) is 24.5. The fourth-order valence-corrected chi connectivity index (χ4v) is 5.97. The first kappa shape index (κ1) is 42.1. The van der Waals surface area contributed by atoms with Gasteiger partial charge in [0.2, 0.25) is 0 Å². The molecule has 3 unspecified atom stereocenters. The first-order valence-corrected chi connectivity index (χ1v) is 14.0. The van der Waals surface area contributed by atoms with Crippen LogP contribution in [0, 0.1) is 0 Å². The number of fused-ring (bicyclic) bond motifs is 1. The van der Waals surface area contributed by atoms with Crippen LogP contribution in [0.15, 0.2) is 11.5 Å². The topological polar surface area (TPSA) is 290 Å². The molecule has 186 valence electrons. The van der Waals surface area contributed by atoms with E-state index in [2.05, 4.69) is 28.1 Å². The molecule has 3 rings (SSSR count). The minimum Gasteiger partial charge on any atom is -0.790 e. The molecule has 1 fully saturated rings. The van der Waals surface area contributed by atoms with Crippen LogP contribution in [0.1, 0.15) is 6.23 Å². The molecule has 0 radical (unpaired) electrons. The van der Waals surface area contributed by atoms with Crippen molar-refractivity contribution in [3.8, 4) is 0 Å². The van der Waals surface area contributed by atoms with Crippen molar-refractivity contribution in [1.82, 2.24) is 19.5 Å². The van der Waals surface area contributed by atoms with Crippen molar-refractivity contribution in [2.24, 2.45) is 0 Å². The molecular formula is C11H14N5Na4O13P3S. The fraction of sp³-hybridized carbons (Fsp3) is 0.545. The number of nitrogens with zero attached hydrogens (tertiary/aromatic N) is 4. The molecule has 0 amide bonds. The SMILES string of the molecule is CSc1nc(N)c2ncn([C@@H]3O[C@H](COP(=O)([O-])OP(=O)([O-])OP(=O)([O-])[O-])[C@H](O)C3O)c2n1.[Na+].[Na+].[Na+].[Na+]. The van der Waals surface area contributed by atoms with E-state index in [-0.39, 0.29) is 140 Å². The molecule has 6 atom stereocenters. The maximum atomic E-state index is 11.7. The average molecular weight is 641 g/mol. The van der Waals surface area contributed by atoms with Crippen molar-refractivity contribution in [1.29, 1.82) is 0 Å². The predicted molar refractivity (Wildman–Crippen MR) is 98.4 cm³/mol. The number of aromatic nitrogens is 4. The Morgan fingerprint density at radius 3 is 2.19 bits per heavy atom. The van der Waals surface area contributed by atoms with Crippen LogP contribution in [-0.4, -0.2) is 60.9 Å². The molecule has 0 bridgehead atoms. The van der Waals surface area contributed by atoms with E-state index in [0.717, 1.165) is 11.8 Å². The summed E-state index contributed by atoms with van der Waals surface area (Å²) in [5.74, 6) is 0.0328. The maximum absolute atomic E-state index is 11.7. The van der Waals surface area contributed by atoms with Crippen molar-refractivity contribution in [3.05, 3.63) is 6.33 Å². The van der Waals surface area contributed by atoms with Gasteiger partial charge < -0.3 is 49.3 Å². The molecular weight excluding hydrogens is 627 g/mol. The Morgan fingerprint density at radius 2 is 1.65 bits per heavy atom. The molecule has 0 saturated carbocycles. The third-order valence-electron chi connectivity index (χ3n) is 4.02. The van der Waals surface area contributed by atoms with Gasteiger partial charge in [-0.25, -0.2) is 19.3 Å². The van der Waals surface area contributed by atoms with Gasteiger partial charge in [0.1, 0.15) is 23.8 Å². The predicted octanol–water partition coefficient (Wildman–Crippen LogP) is -15.4.